The minimum absolute atomic E-state index is 0.0982. The van der Waals surface area contributed by atoms with Crippen LogP contribution in [0.15, 0.2) is 47.2 Å². The second kappa shape index (κ2) is 7.86. The van der Waals surface area contributed by atoms with Gasteiger partial charge in [0.2, 0.25) is 5.91 Å². The number of hydrogen-bond donors (Lipinski definition) is 2. The van der Waals surface area contributed by atoms with E-state index in [0.717, 1.165) is 6.42 Å². The van der Waals surface area contributed by atoms with Crippen molar-refractivity contribution in [1.82, 2.24) is 10.3 Å². The van der Waals surface area contributed by atoms with Gasteiger partial charge in [0.25, 0.3) is 5.69 Å². The van der Waals surface area contributed by atoms with Gasteiger partial charge >= 0.3 is 0 Å². The molecule has 0 aliphatic carbocycles. The van der Waals surface area contributed by atoms with Crippen molar-refractivity contribution in [3.8, 4) is 5.75 Å². The second-order valence-electron chi connectivity index (χ2n) is 6.11. The van der Waals surface area contributed by atoms with Gasteiger partial charge in [-0.15, -0.1) is 0 Å². The van der Waals surface area contributed by atoms with Crippen LogP contribution >= 0.6 is 0 Å². The van der Waals surface area contributed by atoms with Crippen LogP contribution < -0.4 is 5.32 Å². The van der Waals surface area contributed by atoms with E-state index in [1.165, 1.54) is 24.6 Å². The first kappa shape index (κ1) is 18.4. The Balaban J connectivity index is 2.14. The van der Waals surface area contributed by atoms with Crippen LogP contribution in [0.4, 0.5) is 5.69 Å². The number of carbonyl (C=O) groups is 1. The van der Waals surface area contributed by atoms with Crippen LogP contribution in [0.1, 0.15) is 43.6 Å². The summed E-state index contributed by atoms with van der Waals surface area (Å²) in [5.41, 5.74) is 0.0547. The number of unbranched alkanes of at least 4 members (excludes halogenated alkanes) is 1. The Labute approximate surface area is 155 Å². The predicted octanol–water partition coefficient (Wildman–Crippen LogP) is 3.84. The molecule has 8 heteroatoms. The average Bonchev–Trinajstić information content (AvgIpc) is 3.19. The summed E-state index contributed by atoms with van der Waals surface area (Å²) in [7, 11) is 0. The lowest BCUT2D eigenvalue weighted by Gasteiger charge is -2.19. The highest BCUT2D eigenvalue weighted by molar-refractivity contribution is 5.93. The van der Waals surface area contributed by atoms with E-state index in [1.807, 2.05) is 6.92 Å². The lowest BCUT2D eigenvalue weighted by Crippen LogP contribution is -2.29. The topological polar surface area (TPSA) is 118 Å². The molecule has 3 aromatic rings. The maximum absolute atomic E-state index is 12.3. The monoisotopic (exact) mass is 369 g/mol. The molecule has 8 nitrogen and oxygen atoms in total. The summed E-state index contributed by atoms with van der Waals surface area (Å²) in [5, 5.41) is 25.3. The van der Waals surface area contributed by atoms with Crippen molar-refractivity contribution >= 4 is 22.5 Å². The van der Waals surface area contributed by atoms with E-state index in [9.17, 15) is 20.0 Å². The summed E-state index contributed by atoms with van der Waals surface area (Å²) in [6.45, 7) is 1.97. The Morgan fingerprint density at radius 1 is 1.41 bits per heavy atom. The Morgan fingerprint density at radius 2 is 2.22 bits per heavy atom. The third kappa shape index (κ3) is 3.74. The number of phenolic OH excluding ortho intramolecular Hbond substituents is 1. The highest BCUT2D eigenvalue weighted by Gasteiger charge is 2.28. The Kier molecular flexibility index (Phi) is 5.35. The number of amides is 1. The summed E-state index contributed by atoms with van der Waals surface area (Å²) in [4.78, 5) is 27.4. The van der Waals surface area contributed by atoms with Gasteiger partial charge in [-0.25, -0.2) is 0 Å². The quantitative estimate of drug-likeness (QED) is 0.482. The van der Waals surface area contributed by atoms with Gasteiger partial charge in [-0.05, 0) is 30.7 Å². The molecule has 140 valence electrons. The van der Waals surface area contributed by atoms with Gasteiger partial charge in [0.1, 0.15) is 23.1 Å². The van der Waals surface area contributed by atoms with Crippen molar-refractivity contribution in [2.45, 2.75) is 32.2 Å². The number of non-ortho nitro benzene ring substituents is 1. The summed E-state index contributed by atoms with van der Waals surface area (Å²) in [6, 6.07) is 6.75. The number of pyridine rings is 1. The van der Waals surface area contributed by atoms with Gasteiger partial charge in [0.15, 0.2) is 0 Å². The molecule has 0 aliphatic heterocycles. The molecular weight excluding hydrogens is 350 g/mol. The third-order valence-electron chi connectivity index (χ3n) is 4.27. The third-order valence-corrected chi connectivity index (χ3v) is 4.27. The molecular formula is C19H19N3O5. The number of phenols is 1. The molecule has 2 aromatic heterocycles. The zero-order chi connectivity index (χ0) is 19.4. The highest BCUT2D eigenvalue weighted by Crippen LogP contribution is 2.39. The van der Waals surface area contributed by atoms with E-state index in [4.69, 9.17) is 4.42 Å². The van der Waals surface area contributed by atoms with E-state index >= 15 is 0 Å². The predicted molar refractivity (Wildman–Crippen MR) is 98.3 cm³/mol. The molecule has 0 aliphatic rings. The first-order chi connectivity index (χ1) is 13.0. The number of furan rings is 1. The summed E-state index contributed by atoms with van der Waals surface area (Å²) < 4.78 is 5.41. The highest BCUT2D eigenvalue weighted by atomic mass is 16.6. The average molecular weight is 369 g/mol. The van der Waals surface area contributed by atoms with Gasteiger partial charge in [-0.1, -0.05) is 13.3 Å². The van der Waals surface area contributed by atoms with Crippen LogP contribution in [0.25, 0.3) is 10.9 Å². The number of nitro groups is 1. The SMILES string of the molecule is CCCCC(=O)NC(c1ccco1)c1cc([N+](=O)[O-])c2cccnc2c1O. The van der Waals surface area contributed by atoms with Crippen LogP contribution in [-0.2, 0) is 4.79 Å². The fourth-order valence-electron chi connectivity index (χ4n) is 2.93. The van der Waals surface area contributed by atoms with Crippen LogP contribution in [0.2, 0.25) is 0 Å². The minimum Gasteiger partial charge on any atom is -0.505 e. The molecule has 3 rings (SSSR count). The Bertz CT molecular complexity index is 969. The van der Waals surface area contributed by atoms with Gasteiger partial charge < -0.3 is 14.8 Å². The summed E-state index contributed by atoms with van der Waals surface area (Å²) in [6.07, 6.45) is 4.75. The molecule has 0 spiro atoms. The van der Waals surface area contributed by atoms with Gasteiger partial charge in [0.05, 0.1) is 16.6 Å². The van der Waals surface area contributed by atoms with E-state index < -0.39 is 11.0 Å². The molecule has 1 unspecified atom stereocenters. The molecule has 1 amide bonds. The molecule has 1 aromatic carbocycles. The standard InChI is InChI=1S/C19H19N3O5/c1-2-3-8-16(23)21-17(15-7-5-10-27-15)13-11-14(22(25)26)12-6-4-9-20-18(12)19(13)24/h4-7,9-11,17,24H,2-3,8H2,1H3,(H,21,23). The largest absolute Gasteiger partial charge is 0.505 e. The minimum atomic E-state index is -0.866. The van der Waals surface area contributed by atoms with E-state index in [2.05, 4.69) is 10.3 Å². The van der Waals surface area contributed by atoms with Crippen molar-refractivity contribution < 1.29 is 19.2 Å². The maximum atomic E-state index is 12.3. The number of nitrogens with one attached hydrogen (secondary N) is 1. The maximum Gasteiger partial charge on any atom is 0.279 e. The number of aromatic nitrogens is 1. The number of nitrogens with zero attached hydrogens (tertiary/aromatic N) is 2. The van der Waals surface area contributed by atoms with Crippen LogP contribution in [0.5, 0.6) is 5.75 Å². The van der Waals surface area contributed by atoms with Crippen molar-refractivity contribution in [3.05, 3.63) is 64.2 Å². The van der Waals surface area contributed by atoms with Crippen LogP contribution in [0, 0.1) is 10.1 Å². The van der Waals surface area contributed by atoms with Crippen LogP contribution in [-0.4, -0.2) is 20.9 Å². The fraction of sp³-hybridized carbons (Fsp3) is 0.263. The number of aromatic hydroxyl groups is 1. The zero-order valence-corrected chi connectivity index (χ0v) is 14.7. The second-order valence-corrected chi connectivity index (χ2v) is 6.11. The molecule has 0 fully saturated rings. The van der Waals surface area contributed by atoms with Gasteiger partial charge in [-0.2, -0.15) is 0 Å². The molecule has 27 heavy (non-hydrogen) atoms. The van der Waals surface area contributed by atoms with Crippen molar-refractivity contribution in [1.29, 1.82) is 0 Å². The number of nitro benzene ring substituents is 1. The van der Waals surface area contributed by atoms with E-state index in [-0.39, 0.29) is 33.8 Å². The number of benzene rings is 1. The smallest absolute Gasteiger partial charge is 0.279 e. The normalized spacial score (nSPS) is 12.0. The number of rotatable bonds is 7. The van der Waals surface area contributed by atoms with E-state index in [1.54, 1.807) is 18.2 Å². The zero-order valence-electron chi connectivity index (χ0n) is 14.7. The van der Waals surface area contributed by atoms with Gasteiger partial charge in [-0.3, -0.25) is 19.9 Å². The molecule has 2 N–H and O–H groups in total. The molecule has 0 saturated carbocycles. The first-order valence-corrected chi connectivity index (χ1v) is 8.60. The van der Waals surface area contributed by atoms with Crippen LogP contribution in [0.3, 0.4) is 0 Å². The molecule has 0 bridgehead atoms. The van der Waals surface area contributed by atoms with Crippen molar-refractivity contribution in [2.24, 2.45) is 0 Å². The number of fused-ring (bicyclic) bond motifs is 1. The summed E-state index contributed by atoms with van der Waals surface area (Å²) >= 11 is 0. The van der Waals surface area contributed by atoms with Crippen molar-refractivity contribution in [2.75, 3.05) is 0 Å². The number of carbonyl (C=O) groups excluding carboxylic acids is 1. The fourth-order valence-corrected chi connectivity index (χ4v) is 2.93. The van der Waals surface area contributed by atoms with Crippen molar-refractivity contribution in [3.63, 3.8) is 0 Å². The number of hydrogen-bond acceptors (Lipinski definition) is 6. The first-order valence-electron chi connectivity index (χ1n) is 8.60. The Morgan fingerprint density at radius 3 is 2.89 bits per heavy atom. The Hall–Kier alpha value is -3.42. The molecule has 0 saturated heterocycles. The molecule has 0 radical (unpaired) electrons. The lowest BCUT2D eigenvalue weighted by molar-refractivity contribution is -0.383. The van der Waals surface area contributed by atoms with Gasteiger partial charge in [0, 0.05) is 24.2 Å². The lowest BCUT2D eigenvalue weighted by atomic mass is 9.99. The molecule has 2 heterocycles. The summed E-state index contributed by atoms with van der Waals surface area (Å²) in [5.74, 6) is -0.102. The van der Waals surface area contributed by atoms with E-state index in [0.29, 0.717) is 18.6 Å². The molecule has 1 atom stereocenters.